The fourth-order valence-electron chi connectivity index (χ4n) is 7.97. The minimum atomic E-state index is 0.797. The number of anilines is 3. The molecule has 0 saturated carbocycles. The molecule has 4 nitrogen and oxygen atoms in total. The number of nitrogens with zero attached hydrogens (tertiary/aromatic N) is 2. The van der Waals surface area contributed by atoms with Crippen molar-refractivity contribution in [2.75, 3.05) is 4.90 Å². The standard InChI is InChI=1S/C48H30N2O2/c1-2-11-31(12-3-1)32-21-25-35(26-22-32)49-40-16-6-4-13-36(40)39-29-33(23-27-41(39)49)34-24-28-43-47(30-34)51-46-20-9-7-17-42(46)50(43)44-18-10-15-38-37-14-5-8-19-45(37)52-48(38)44/h1-30H. The quantitative estimate of drug-likeness (QED) is 0.187. The molecule has 8 aromatic carbocycles. The SMILES string of the molecule is c1ccc(-c2ccc(-n3c4ccccc4c4cc(-c5ccc6c(c5)Oc5ccccc5N6c5cccc6c5oc5ccccc56)ccc43)cc2)cc1. The van der Waals surface area contributed by atoms with Crippen molar-refractivity contribution in [2.24, 2.45) is 0 Å². The first-order chi connectivity index (χ1) is 25.8. The number of hydrogen-bond acceptors (Lipinski definition) is 3. The maximum absolute atomic E-state index is 6.65. The Bertz CT molecular complexity index is 2990. The van der Waals surface area contributed by atoms with Gasteiger partial charge in [0.25, 0.3) is 0 Å². The first kappa shape index (κ1) is 28.8. The molecule has 1 aliphatic heterocycles. The van der Waals surface area contributed by atoms with Crippen molar-refractivity contribution in [3.63, 3.8) is 0 Å². The maximum Gasteiger partial charge on any atom is 0.159 e. The van der Waals surface area contributed by atoms with Crippen molar-refractivity contribution in [2.45, 2.75) is 0 Å². The van der Waals surface area contributed by atoms with Crippen LogP contribution in [0.15, 0.2) is 186 Å². The van der Waals surface area contributed by atoms with E-state index in [9.17, 15) is 0 Å². The van der Waals surface area contributed by atoms with Crippen molar-refractivity contribution in [3.05, 3.63) is 182 Å². The maximum atomic E-state index is 6.65. The van der Waals surface area contributed by atoms with Gasteiger partial charge >= 0.3 is 0 Å². The van der Waals surface area contributed by atoms with E-state index in [0.717, 1.165) is 67.3 Å². The Balaban J connectivity index is 1.03. The molecule has 0 fully saturated rings. The lowest BCUT2D eigenvalue weighted by Gasteiger charge is -2.33. The summed E-state index contributed by atoms with van der Waals surface area (Å²) in [5.41, 5.74) is 12.8. The minimum Gasteiger partial charge on any atom is -0.454 e. The predicted octanol–water partition coefficient (Wildman–Crippen LogP) is 13.6. The molecule has 0 atom stereocenters. The van der Waals surface area contributed by atoms with E-state index in [2.05, 4.69) is 167 Å². The molecule has 0 spiro atoms. The summed E-state index contributed by atoms with van der Waals surface area (Å²) in [5, 5.41) is 4.63. The average Bonchev–Trinajstić information content (AvgIpc) is 3.76. The highest BCUT2D eigenvalue weighted by molar-refractivity contribution is 6.12. The van der Waals surface area contributed by atoms with Gasteiger partial charge in [0.15, 0.2) is 17.1 Å². The molecule has 0 unspecified atom stereocenters. The Kier molecular flexibility index (Phi) is 6.22. The number of benzene rings is 8. The molecule has 10 aromatic rings. The Morgan fingerprint density at radius 1 is 0.365 bits per heavy atom. The van der Waals surface area contributed by atoms with Crippen molar-refractivity contribution >= 4 is 60.8 Å². The second-order valence-electron chi connectivity index (χ2n) is 13.3. The van der Waals surface area contributed by atoms with Gasteiger partial charge in [-0.1, -0.05) is 115 Å². The highest BCUT2D eigenvalue weighted by Gasteiger charge is 2.28. The third-order valence-electron chi connectivity index (χ3n) is 10.4. The van der Waals surface area contributed by atoms with Gasteiger partial charge in [-0.2, -0.15) is 0 Å². The molecular formula is C48H30N2O2. The molecular weight excluding hydrogens is 637 g/mol. The van der Waals surface area contributed by atoms with E-state index in [4.69, 9.17) is 9.15 Å². The highest BCUT2D eigenvalue weighted by Crippen LogP contribution is 2.53. The van der Waals surface area contributed by atoms with Crippen LogP contribution in [0.25, 0.3) is 71.7 Å². The normalized spacial score (nSPS) is 12.3. The van der Waals surface area contributed by atoms with E-state index in [1.54, 1.807) is 0 Å². The number of ether oxygens (including phenoxy) is 1. The van der Waals surface area contributed by atoms with E-state index in [0.29, 0.717) is 0 Å². The zero-order valence-corrected chi connectivity index (χ0v) is 28.0. The number of rotatable bonds is 4. The summed E-state index contributed by atoms with van der Waals surface area (Å²) in [4.78, 5) is 2.27. The van der Waals surface area contributed by atoms with Crippen molar-refractivity contribution < 1.29 is 9.15 Å². The second-order valence-corrected chi connectivity index (χ2v) is 13.3. The van der Waals surface area contributed by atoms with Gasteiger partial charge in [0, 0.05) is 27.2 Å². The molecule has 52 heavy (non-hydrogen) atoms. The van der Waals surface area contributed by atoms with Gasteiger partial charge in [-0.05, 0) is 89.0 Å². The summed E-state index contributed by atoms with van der Waals surface area (Å²) in [6, 6.07) is 64.2. The van der Waals surface area contributed by atoms with Crippen LogP contribution in [-0.4, -0.2) is 4.57 Å². The second kappa shape index (κ2) is 11.2. The summed E-state index contributed by atoms with van der Waals surface area (Å²) in [6.45, 7) is 0. The smallest absolute Gasteiger partial charge is 0.159 e. The summed E-state index contributed by atoms with van der Waals surface area (Å²) in [5.74, 6) is 1.60. The number of fused-ring (bicyclic) bond motifs is 8. The van der Waals surface area contributed by atoms with E-state index < -0.39 is 0 Å². The predicted molar refractivity (Wildman–Crippen MR) is 214 cm³/mol. The van der Waals surface area contributed by atoms with Crippen LogP contribution in [-0.2, 0) is 0 Å². The molecule has 0 radical (unpaired) electrons. The zero-order chi connectivity index (χ0) is 34.2. The Labute approximate surface area is 300 Å². The number of hydrogen-bond donors (Lipinski definition) is 0. The molecule has 0 amide bonds. The molecule has 4 heteroatoms. The van der Waals surface area contributed by atoms with Gasteiger partial charge in [0.2, 0.25) is 0 Å². The van der Waals surface area contributed by atoms with Gasteiger partial charge in [-0.15, -0.1) is 0 Å². The molecule has 0 aliphatic carbocycles. The Morgan fingerprint density at radius 3 is 1.90 bits per heavy atom. The van der Waals surface area contributed by atoms with Crippen LogP contribution >= 0.6 is 0 Å². The fraction of sp³-hybridized carbons (Fsp3) is 0. The third-order valence-corrected chi connectivity index (χ3v) is 10.4. The van der Waals surface area contributed by atoms with Crippen LogP contribution in [0.5, 0.6) is 11.5 Å². The largest absolute Gasteiger partial charge is 0.454 e. The van der Waals surface area contributed by atoms with Crippen LogP contribution in [0.4, 0.5) is 17.1 Å². The molecule has 11 rings (SSSR count). The average molecular weight is 667 g/mol. The number of para-hydroxylation sites is 5. The van der Waals surface area contributed by atoms with E-state index in [-0.39, 0.29) is 0 Å². The molecule has 0 bridgehead atoms. The van der Waals surface area contributed by atoms with Crippen LogP contribution < -0.4 is 9.64 Å². The van der Waals surface area contributed by atoms with Crippen LogP contribution in [0, 0.1) is 0 Å². The number of furan rings is 1. The Morgan fingerprint density at radius 2 is 1.00 bits per heavy atom. The minimum absolute atomic E-state index is 0.797. The highest BCUT2D eigenvalue weighted by atomic mass is 16.5. The number of aromatic nitrogens is 1. The summed E-state index contributed by atoms with van der Waals surface area (Å²) < 4.78 is 15.5. The first-order valence-corrected chi connectivity index (χ1v) is 17.6. The topological polar surface area (TPSA) is 30.5 Å². The van der Waals surface area contributed by atoms with Crippen molar-refractivity contribution in [3.8, 4) is 39.4 Å². The Hall–Kier alpha value is -7.04. The van der Waals surface area contributed by atoms with E-state index >= 15 is 0 Å². The lowest BCUT2D eigenvalue weighted by atomic mass is 10.0. The van der Waals surface area contributed by atoms with E-state index in [1.807, 2.05) is 24.3 Å². The van der Waals surface area contributed by atoms with Gasteiger partial charge < -0.3 is 13.7 Å². The van der Waals surface area contributed by atoms with E-state index in [1.165, 1.54) is 32.9 Å². The van der Waals surface area contributed by atoms with Crippen LogP contribution in [0.2, 0.25) is 0 Å². The van der Waals surface area contributed by atoms with Gasteiger partial charge in [0.1, 0.15) is 5.58 Å². The lowest BCUT2D eigenvalue weighted by Crippen LogP contribution is -2.16. The van der Waals surface area contributed by atoms with Crippen molar-refractivity contribution in [1.82, 2.24) is 4.57 Å². The molecule has 0 saturated heterocycles. The molecule has 1 aliphatic rings. The zero-order valence-electron chi connectivity index (χ0n) is 28.0. The van der Waals surface area contributed by atoms with Gasteiger partial charge in [0.05, 0.1) is 28.1 Å². The fourth-order valence-corrected chi connectivity index (χ4v) is 7.97. The third kappa shape index (κ3) is 4.34. The molecule has 3 heterocycles. The monoisotopic (exact) mass is 666 g/mol. The summed E-state index contributed by atoms with van der Waals surface area (Å²) in [7, 11) is 0. The summed E-state index contributed by atoms with van der Waals surface area (Å²) >= 11 is 0. The van der Waals surface area contributed by atoms with Gasteiger partial charge in [-0.3, -0.25) is 4.90 Å². The van der Waals surface area contributed by atoms with Crippen LogP contribution in [0.3, 0.4) is 0 Å². The first-order valence-electron chi connectivity index (χ1n) is 17.6. The lowest BCUT2D eigenvalue weighted by molar-refractivity contribution is 0.477. The molecule has 244 valence electrons. The summed E-state index contributed by atoms with van der Waals surface area (Å²) in [6.07, 6.45) is 0. The molecule has 0 N–H and O–H groups in total. The van der Waals surface area contributed by atoms with Gasteiger partial charge in [-0.25, -0.2) is 0 Å². The van der Waals surface area contributed by atoms with Crippen molar-refractivity contribution in [1.29, 1.82) is 0 Å². The molecule has 2 aromatic heterocycles. The van der Waals surface area contributed by atoms with Crippen LogP contribution in [0.1, 0.15) is 0 Å².